The summed E-state index contributed by atoms with van der Waals surface area (Å²) in [4.78, 5) is 39.2. The zero-order valence-corrected chi connectivity index (χ0v) is 13.5. The molecule has 0 aromatic heterocycles. The molecule has 3 amide bonds. The highest BCUT2D eigenvalue weighted by Gasteiger charge is 2.28. The Morgan fingerprint density at radius 2 is 2.05 bits per heavy atom. The molecule has 124 valence electrons. The third-order valence-electron chi connectivity index (χ3n) is 4.66. The highest BCUT2D eigenvalue weighted by atomic mass is 16.2. The number of rotatable bonds is 5. The van der Waals surface area contributed by atoms with Gasteiger partial charge in [-0.25, -0.2) is 0 Å². The number of carbonyl (C=O) groups is 3. The molecule has 2 aliphatic rings. The van der Waals surface area contributed by atoms with Crippen LogP contribution in [0.25, 0.3) is 0 Å². The average Bonchev–Trinajstić information content (AvgIpc) is 2.87. The highest BCUT2D eigenvalue weighted by molar-refractivity contribution is 5.80. The van der Waals surface area contributed by atoms with E-state index in [4.69, 9.17) is 0 Å². The summed E-state index contributed by atoms with van der Waals surface area (Å²) in [5, 5.41) is 2.63. The fourth-order valence-corrected chi connectivity index (χ4v) is 3.25. The molecule has 0 radical (unpaired) electrons. The predicted octanol–water partition coefficient (Wildman–Crippen LogP) is 0.764. The van der Waals surface area contributed by atoms with E-state index in [1.807, 2.05) is 9.80 Å². The maximum absolute atomic E-state index is 12.3. The molecule has 2 saturated heterocycles. The van der Waals surface area contributed by atoms with E-state index in [0.29, 0.717) is 32.4 Å². The van der Waals surface area contributed by atoms with Gasteiger partial charge in [-0.05, 0) is 25.2 Å². The Morgan fingerprint density at radius 3 is 2.82 bits per heavy atom. The van der Waals surface area contributed by atoms with Crippen LogP contribution in [0.15, 0.2) is 0 Å². The largest absolute Gasteiger partial charge is 0.359 e. The van der Waals surface area contributed by atoms with Crippen molar-refractivity contribution in [3.05, 3.63) is 0 Å². The van der Waals surface area contributed by atoms with Crippen LogP contribution in [0.3, 0.4) is 0 Å². The number of nitrogens with zero attached hydrogens (tertiary/aromatic N) is 2. The molecule has 0 bridgehead atoms. The molecular formula is C16H27N3O3. The predicted molar refractivity (Wildman–Crippen MR) is 83.0 cm³/mol. The molecule has 6 heteroatoms. The van der Waals surface area contributed by atoms with Crippen LogP contribution in [0.1, 0.15) is 44.9 Å². The van der Waals surface area contributed by atoms with E-state index in [1.165, 1.54) is 0 Å². The zero-order chi connectivity index (χ0) is 15.9. The number of hydrogen-bond acceptors (Lipinski definition) is 3. The van der Waals surface area contributed by atoms with Crippen molar-refractivity contribution >= 4 is 17.7 Å². The van der Waals surface area contributed by atoms with Gasteiger partial charge in [0, 0.05) is 52.5 Å². The van der Waals surface area contributed by atoms with Crippen molar-refractivity contribution in [2.45, 2.75) is 44.9 Å². The first-order valence-corrected chi connectivity index (χ1v) is 8.36. The van der Waals surface area contributed by atoms with E-state index >= 15 is 0 Å². The Balaban J connectivity index is 1.73. The van der Waals surface area contributed by atoms with E-state index < -0.39 is 0 Å². The van der Waals surface area contributed by atoms with Gasteiger partial charge in [-0.1, -0.05) is 6.42 Å². The molecule has 0 aromatic rings. The summed E-state index contributed by atoms with van der Waals surface area (Å²) in [6.45, 7) is 2.72. The lowest BCUT2D eigenvalue weighted by Crippen LogP contribution is -2.36. The lowest BCUT2D eigenvalue weighted by Gasteiger charge is -2.22. The van der Waals surface area contributed by atoms with Crippen LogP contribution in [0, 0.1) is 5.92 Å². The fraction of sp³-hybridized carbons (Fsp3) is 0.812. The second kappa shape index (κ2) is 8.15. The third kappa shape index (κ3) is 4.71. The quantitative estimate of drug-likeness (QED) is 0.815. The number of nitrogens with one attached hydrogen (secondary N) is 1. The number of amides is 3. The van der Waals surface area contributed by atoms with Gasteiger partial charge in [-0.15, -0.1) is 0 Å². The Labute approximate surface area is 132 Å². The average molecular weight is 309 g/mol. The van der Waals surface area contributed by atoms with Crippen molar-refractivity contribution in [1.82, 2.24) is 15.1 Å². The van der Waals surface area contributed by atoms with Gasteiger partial charge in [0.05, 0.1) is 0 Å². The molecule has 2 aliphatic heterocycles. The summed E-state index contributed by atoms with van der Waals surface area (Å²) in [5.74, 6) is 0.596. The summed E-state index contributed by atoms with van der Waals surface area (Å²) in [5.41, 5.74) is 0. The second-order valence-corrected chi connectivity index (χ2v) is 6.31. The van der Waals surface area contributed by atoms with E-state index in [9.17, 15) is 14.4 Å². The molecule has 6 nitrogen and oxygen atoms in total. The van der Waals surface area contributed by atoms with Crippen LogP contribution >= 0.6 is 0 Å². The molecule has 0 aliphatic carbocycles. The molecule has 1 atom stereocenters. The summed E-state index contributed by atoms with van der Waals surface area (Å²) in [6.07, 6.45) is 5.51. The number of likely N-dealkylation sites (tertiary alicyclic amines) is 2. The minimum Gasteiger partial charge on any atom is -0.359 e. The Hall–Kier alpha value is -1.59. The lowest BCUT2D eigenvalue weighted by atomic mass is 10.0. The van der Waals surface area contributed by atoms with Crippen LogP contribution in [-0.4, -0.2) is 60.7 Å². The summed E-state index contributed by atoms with van der Waals surface area (Å²) in [6, 6.07) is 0. The van der Waals surface area contributed by atoms with E-state index in [0.717, 1.165) is 38.8 Å². The smallest absolute Gasteiger partial charge is 0.224 e. The first-order chi connectivity index (χ1) is 10.6. The molecule has 0 spiro atoms. The van der Waals surface area contributed by atoms with Gasteiger partial charge in [0.25, 0.3) is 0 Å². The minimum atomic E-state index is 0.0365. The van der Waals surface area contributed by atoms with Crippen LogP contribution in [0.5, 0.6) is 0 Å². The molecule has 0 saturated carbocycles. The van der Waals surface area contributed by atoms with Gasteiger partial charge in [-0.2, -0.15) is 0 Å². The van der Waals surface area contributed by atoms with Gasteiger partial charge in [0.2, 0.25) is 17.7 Å². The topological polar surface area (TPSA) is 69.7 Å². The van der Waals surface area contributed by atoms with Crippen molar-refractivity contribution in [3.8, 4) is 0 Å². The van der Waals surface area contributed by atoms with Crippen LogP contribution in [0.2, 0.25) is 0 Å². The monoisotopic (exact) mass is 309 g/mol. The molecule has 2 fully saturated rings. The van der Waals surface area contributed by atoms with Crippen molar-refractivity contribution < 1.29 is 14.4 Å². The number of carbonyl (C=O) groups excluding carboxylic acids is 3. The van der Waals surface area contributed by atoms with Crippen molar-refractivity contribution in [2.24, 2.45) is 5.92 Å². The normalized spacial score (nSPS) is 22.6. The first-order valence-electron chi connectivity index (χ1n) is 8.36. The summed E-state index contributed by atoms with van der Waals surface area (Å²) in [7, 11) is 1.64. The maximum atomic E-state index is 12.3. The van der Waals surface area contributed by atoms with Gasteiger partial charge in [-0.3, -0.25) is 14.4 Å². The molecule has 2 rings (SSSR count). The van der Waals surface area contributed by atoms with Gasteiger partial charge in [0.1, 0.15) is 0 Å². The van der Waals surface area contributed by atoms with Crippen LogP contribution < -0.4 is 5.32 Å². The van der Waals surface area contributed by atoms with E-state index in [2.05, 4.69) is 5.32 Å². The minimum absolute atomic E-state index is 0.0365. The van der Waals surface area contributed by atoms with Gasteiger partial charge < -0.3 is 15.1 Å². The first kappa shape index (κ1) is 16.8. The van der Waals surface area contributed by atoms with Crippen LogP contribution in [-0.2, 0) is 14.4 Å². The van der Waals surface area contributed by atoms with Crippen molar-refractivity contribution in [2.75, 3.05) is 33.2 Å². The summed E-state index contributed by atoms with van der Waals surface area (Å²) < 4.78 is 0. The molecule has 22 heavy (non-hydrogen) atoms. The molecule has 0 unspecified atom stereocenters. The maximum Gasteiger partial charge on any atom is 0.224 e. The zero-order valence-electron chi connectivity index (χ0n) is 13.5. The van der Waals surface area contributed by atoms with Gasteiger partial charge >= 0.3 is 0 Å². The number of hydrogen-bond donors (Lipinski definition) is 1. The highest BCUT2D eigenvalue weighted by Crippen LogP contribution is 2.20. The van der Waals surface area contributed by atoms with E-state index in [-0.39, 0.29) is 23.6 Å². The van der Waals surface area contributed by atoms with Crippen LogP contribution in [0.4, 0.5) is 0 Å². The Bertz CT molecular complexity index is 425. The van der Waals surface area contributed by atoms with Gasteiger partial charge in [0.15, 0.2) is 0 Å². The standard InChI is InChI=1S/C16H27N3O3/c1-17-14(20)11-13-6-9-19(12-13)16(22)7-10-18-8-4-2-3-5-15(18)21/h13H,2-12H2,1H3,(H,17,20)/t13-/m1/s1. The van der Waals surface area contributed by atoms with Crippen molar-refractivity contribution in [3.63, 3.8) is 0 Å². The van der Waals surface area contributed by atoms with E-state index in [1.54, 1.807) is 7.05 Å². The lowest BCUT2D eigenvalue weighted by molar-refractivity contribution is -0.134. The summed E-state index contributed by atoms with van der Waals surface area (Å²) >= 11 is 0. The second-order valence-electron chi connectivity index (χ2n) is 6.31. The Kier molecular flexibility index (Phi) is 6.21. The third-order valence-corrected chi connectivity index (χ3v) is 4.66. The fourth-order valence-electron chi connectivity index (χ4n) is 3.25. The molecule has 1 N–H and O–H groups in total. The Morgan fingerprint density at radius 1 is 1.23 bits per heavy atom. The molecule has 0 aromatic carbocycles. The SMILES string of the molecule is CNC(=O)C[C@H]1CCN(C(=O)CCN2CCCCCC2=O)C1. The van der Waals surface area contributed by atoms with Crippen molar-refractivity contribution in [1.29, 1.82) is 0 Å². The molecule has 2 heterocycles. The molecular weight excluding hydrogens is 282 g/mol.